The maximum atomic E-state index is 12.5. The standard InChI is InChI=1S/C23H20N2O3/c26-22(25-15-14-17-6-4-5-9-21(17)25)16-24-23(27)18-10-12-20(13-11-18)28-19-7-2-1-3-8-19/h1-13H,14-16H2,(H,24,27). The van der Waals surface area contributed by atoms with Gasteiger partial charge in [0.25, 0.3) is 5.91 Å². The van der Waals surface area contributed by atoms with Gasteiger partial charge in [0.15, 0.2) is 0 Å². The second kappa shape index (κ2) is 7.96. The normalized spacial score (nSPS) is 12.4. The van der Waals surface area contributed by atoms with Crippen LogP contribution in [0.1, 0.15) is 15.9 Å². The van der Waals surface area contributed by atoms with Crippen LogP contribution in [0, 0.1) is 0 Å². The summed E-state index contributed by atoms with van der Waals surface area (Å²) in [6.45, 7) is 0.620. The van der Waals surface area contributed by atoms with Crippen molar-refractivity contribution in [1.82, 2.24) is 5.32 Å². The molecule has 0 aliphatic carbocycles. The number of rotatable bonds is 5. The van der Waals surface area contributed by atoms with Gasteiger partial charge in [-0.25, -0.2) is 0 Å². The first-order valence-electron chi connectivity index (χ1n) is 9.20. The SMILES string of the molecule is O=C(NCC(=O)N1CCc2ccccc21)c1ccc(Oc2ccccc2)cc1. The van der Waals surface area contributed by atoms with Gasteiger partial charge in [-0.1, -0.05) is 36.4 Å². The molecule has 0 unspecified atom stereocenters. The zero-order chi connectivity index (χ0) is 19.3. The molecule has 0 bridgehead atoms. The summed E-state index contributed by atoms with van der Waals surface area (Å²) in [5, 5.41) is 2.70. The monoisotopic (exact) mass is 372 g/mol. The number of carbonyl (C=O) groups is 2. The summed E-state index contributed by atoms with van der Waals surface area (Å²) in [6.07, 6.45) is 0.846. The lowest BCUT2D eigenvalue weighted by Crippen LogP contribution is -2.39. The summed E-state index contributed by atoms with van der Waals surface area (Å²) in [6, 6.07) is 24.1. The summed E-state index contributed by atoms with van der Waals surface area (Å²) < 4.78 is 5.72. The quantitative estimate of drug-likeness (QED) is 0.741. The van der Waals surface area contributed by atoms with Crippen LogP contribution in [0.5, 0.6) is 11.5 Å². The van der Waals surface area contributed by atoms with Crippen molar-refractivity contribution in [1.29, 1.82) is 0 Å². The topological polar surface area (TPSA) is 58.6 Å². The van der Waals surface area contributed by atoms with Crippen molar-refractivity contribution in [3.8, 4) is 11.5 Å². The molecule has 28 heavy (non-hydrogen) atoms. The van der Waals surface area contributed by atoms with E-state index in [0.717, 1.165) is 23.4 Å². The summed E-state index contributed by atoms with van der Waals surface area (Å²) >= 11 is 0. The molecule has 4 rings (SSSR count). The Kier molecular flexibility index (Phi) is 5.06. The lowest BCUT2D eigenvalue weighted by atomic mass is 10.2. The highest BCUT2D eigenvalue weighted by molar-refractivity contribution is 6.01. The predicted octanol–water partition coefficient (Wildman–Crippen LogP) is 3.80. The van der Waals surface area contributed by atoms with E-state index >= 15 is 0 Å². The van der Waals surface area contributed by atoms with Gasteiger partial charge in [-0.15, -0.1) is 0 Å². The van der Waals surface area contributed by atoms with E-state index in [1.54, 1.807) is 29.2 Å². The summed E-state index contributed by atoms with van der Waals surface area (Å²) in [5.41, 5.74) is 2.58. The van der Waals surface area contributed by atoms with E-state index in [2.05, 4.69) is 5.32 Å². The van der Waals surface area contributed by atoms with E-state index in [0.29, 0.717) is 17.9 Å². The molecule has 0 spiro atoms. The van der Waals surface area contributed by atoms with Crippen molar-refractivity contribution >= 4 is 17.5 Å². The number of carbonyl (C=O) groups excluding carboxylic acids is 2. The smallest absolute Gasteiger partial charge is 0.251 e. The highest BCUT2D eigenvalue weighted by atomic mass is 16.5. The summed E-state index contributed by atoms with van der Waals surface area (Å²) in [5.74, 6) is 0.984. The number of nitrogens with zero attached hydrogens (tertiary/aromatic N) is 1. The molecule has 1 aliphatic rings. The van der Waals surface area contributed by atoms with E-state index in [4.69, 9.17) is 4.74 Å². The van der Waals surface area contributed by atoms with Crippen LogP contribution >= 0.6 is 0 Å². The van der Waals surface area contributed by atoms with Gasteiger partial charge in [0.05, 0.1) is 6.54 Å². The van der Waals surface area contributed by atoms with Gasteiger partial charge in [0, 0.05) is 17.8 Å². The molecule has 0 fully saturated rings. The first kappa shape index (κ1) is 17.8. The van der Waals surface area contributed by atoms with Gasteiger partial charge in [0.1, 0.15) is 11.5 Å². The Morgan fingerprint density at radius 3 is 2.32 bits per heavy atom. The zero-order valence-corrected chi connectivity index (χ0v) is 15.3. The maximum Gasteiger partial charge on any atom is 0.251 e. The van der Waals surface area contributed by atoms with Crippen LogP contribution < -0.4 is 15.0 Å². The molecular formula is C23H20N2O3. The van der Waals surface area contributed by atoms with Crippen LogP contribution in [0.15, 0.2) is 78.9 Å². The lowest BCUT2D eigenvalue weighted by molar-refractivity contribution is -0.117. The molecule has 0 radical (unpaired) electrons. The fourth-order valence-electron chi connectivity index (χ4n) is 3.25. The highest BCUT2D eigenvalue weighted by Crippen LogP contribution is 2.27. The highest BCUT2D eigenvalue weighted by Gasteiger charge is 2.24. The number of hydrogen-bond acceptors (Lipinski definition) is 3. The number of nitrogens with one attached hydrogen (secondary N) is 1. The number of anilines is 1. The molecule has 1 heterocycles. The molecule has 3 aromatic rings. The van der Waals surface area contributed by atoms with Gasteiger partial charge < -0.3 is 15.0 Å². The zero-order valence-electron chi connectivity index (χ0n) is 15.3. The molecule has 0 saturated heterocycles. The minimum atomic E-state index is -0.285. The van der Waals surface area contributed by atoms with Gasteiger partial charge in [-0.2, -0.15) is 0 Å². The average molecular weight is 372 g/mol. The summed E-state index contributed by atoms with van der Waals surface area (Å²) in [4.78, 5) is 26.6. The molecule has 1 N–H and O–H groups in total. The van der Waals surface area contributed by atoms with E-state index in [1.807, 2.05) is 54.6 Å². The van der Waals surface area contributed by atoms with Crippen molar-refractivity contribution in [3.05, 3.63) is 90.0 Å². The van der Waals surface area contributed by atoms with Crippen LogP contribution in [0.4, 0.5) is 5.69 Å². The molecule has 5 heteroatoms. The maximum absolute atomic E-state index is 12.5. The Morgan fingerprint density at radius 2 is 1.54 bits per heavy atom. The number of amides is 2. The van der Waals surface area contributed by atoms with Crippen molar-refractivity contribution in [2.24, 2.45) is 0 Å². The number of ether oxygens (including phenoxy) is 1. The largest absolute Gasteiger partial charge is 0.457 e. The second-order valence-electron chi connectivity index (χ2n) is 6.55. The lowest BCUT2D eigenvalue weighted by Gasteiger charge is -2.17. The molecule has 0 saturated carbocycles. The first-order chi connectivity index (χ1) is 13.7. The van der Waals surface area contributed by atoms with Crippen molar-refractivity contribution in [3.63, 3.8) is 0 Å². The minimum Gasteiger partial charge on any atom is -0.457 e. The molecule has 2 amide bonds. The Morgan fingerprint density at radius 1 is 0.857 bits per heavy atom. The van der Waals surface area contributed by atoms with Crippen molar-refractivity contribution < 1.29 is 14.3 Å². The van der Waals surface area contributed by atoms with Crippen LogP contribution in [0.3, 0.4) is 0 Å². The van der Waals surface area contributed by atoms with E-state index < -0.39 is 0 Å². The molecule has 140 valence electrons. The van der Waals surface area contributed by atoms with E-state index in [9.17, 15) is 9.59 Å². The molecular weight excluding hydrogens is 352 g/mol. The van der Waals surface area contributed by atoms with Gasteiger partial charge in [-0.05, 0) is 54.4 Å². The van der Waals surface area contributed by atoms with Crippen molar-refractivity contribution in [2.75, 3.05) is 18.0 Å². The molecule has 1 aliphatic heterocycles. The molecule has 0 atom stereocenters. The first-order valence-corrected chi connectivity index (χ1v) is 9.20. The predicted molar refractivity (Wildman–Crippen MR) is 108 cm³/mol. The minimum absolute atomic E-state index is 0.0323. The number of fused-ring (bicyclic) bond motifs is 1. The fourth-order valence-corrected chi connectivity index (χ4v) is 3.25. The summed E-state index contributed by atoms with van der Waals surface area (Å²) in [7, 11) is 0. The fraction of sp³-hybridized carbons (Fsp3) is 0.130. The molecule has 0 aromatic heterocycles. The second-order valence-corrected chi connectivity index (χ2v) is 6.55. The van der Waals surface area contributed by atoms with Gasteiger partial charge in [-0.3, -0.25) is 9.59 Å². The average Bonchev–Trinajstić information content (AvgIpc) is 3.17. The Balaban J connectivity index is 1.33. The Bertz CT molecular complexity index is 984. The Hall–Kier alpha value is -3.60. The third-order valence-electron chi connectivity index (χ3n) is 4.68. The molecule has 5 nitrogen and oxygen atoms in total. The van der Waals surface area contributed by atoms with Crippen LogP contribution in [-0.4, -0.2) is 24.9 Å². The molecule has 3 aromatic carbocycles. The number of para-hydroxylation sites is 2. The van der Waals surface area contributed by atoms with Gasteiger partial charge >= 0.3 is 0 Å². The van der Waals surface area contributed by atoms with Gasteiger partial charge in [0.2, 0.25) is 5.91 Å². The van der Waals surface area contributed by atoms with E-state index in [-0.39, 0.29) is 18.4 Å². The van der Waals surface area contributed by atoms with Crippen LogP contribution in [-0.2, 0) is 11.2 Å². The van der Waals surface area contributed by atoms with E-state index in [1.165, 1.54) is 0 Å². The number of hydrogen-bond donors (Lipinski definition) is 1. The Labute approximate surface area is 163 Å². The van der Waals surface area contributed by atoms with Crippen LogP contribution in [0.25, 0.3) is 0 Å². The third-order valence-corrected chi connectivity index (χ3v) is 4.68. The van der Waals surface area contributed by atoms with Crippen LogP contribution in [0.2, 0.25) is 0 Å². The van der Waals surface area contributed by atoms with Crippen molar-refractivity contribution in [2.45, 2.75) is 6.42 Å². The number of benzene rings is 3. The third kappa shape index (κ3) is 3.88.